The summed E-state index contributed by atoms with van der Waals surface area (Å²) in [6.45, 7) is 8.04. The highest BCUT2D eigenvalue weighted by molar-refractivity contribution is 9.10. The van der Waals surface area contributed by atoms with Crippen molar-refractivity contribution in [3.63, 3.8) is 0 Å². The molecule has 7 heteroatoms. The zero-order valence-corrected chi connectivity index (χ0v) is 16.1. The van der Waals surface area contributed by atoms with Gasteiger partial charge in [-0.2, -0.15) is 0 Å². The minimum Gasteiger partial charge on any atom is -0.490 e. The number of hydrogen-bond donors (Lipinski definition) is 1. The van der Waals surface area contributed by atoms with Crippen molar-refractivity contribution in [1.29, 1.82) is 0 Å². The molecule has 2 aromatic rings. The number of furan rings is 1. The molecule has 3 rings (SSSR count). The molecular weight excluding hydrogens is 400 g/mol. The predicted molar refractivity (Wildman–Crippen MR) is 103 cm³/mol. The molecule has 0 fully saturated rings. The van der Waals surface area contributed by atoms with Gasteiger partial charge in [-0.25, -0.2) is 0 Å². The Morgan fingerprint density at radius 3 is 2.81 bits per heavy atom. The van der Waals surface area contributed by atoms with E-state index >= 15 is 0 Å². The predicted octanol–water partition coefficient (Wildman–Crippen LogP) is 4.23. The van der Waals surface area contributed by atoms with E-state index in [4.69, 9.17) is 9.15 Å². The highest BCUT2D eigenvalue weighted by Gasteiger charge is 2.37. The van der Waals surface area contributed by atoms with Crippen LogP contribution in [-0.4, -0.2) is 25.0 Å². The Morgan fingerprint density at radius 2 is 2.15 bits per heavy atom. The first kappa shape index (κ1) is 18.3. The molecule has 2 amide bonds. The Morgan fingerprint density at radius 1 is 1.38 bits per heavy atom. The number of ether oxygens (including phenoxy) is 1. The van der Waals surface area contributed by atoms with Gasteiger partial charge in [-0.1, -0.05) is 6.08 Å². The van der Waals surface area contributed by atoms with Gasteiger partial charge in [0.1, 0.15) is 12.4 Å². The van der Waals surface area contributed by atoms with E-state index in [0.717, 1.165) is 0 Å². The van der Waals surface area contributed by atoms with Gasteiger partial charge in [-0.15, -0.1) is 6.58 Å². The van der Waals surface area contributed by atoms with E-state index in [1.807, 2.05) is 13.8 Å². The average Bonchev–Trinajstić information content (AvgIpc) is 3.01. The van der Waals surface area contributed by atoms with Gasteiger partial charge >= 0.3 is 0 Å². The number of hydrogen-bond acceptors (Lipinski definition) is 4. The smallest absolute Gasteiger partial charge is 0.291 e. The molecule has 1 aliphatic heterocycles. The van der Waals surface area contributed by atoms with Crippen molar-refractivity contribution in [3.8, 4) is 5.75 Å². The topological polar surface area (TPSA) is 71.8 Å². The fourth-order valence-electron chi connectivity index (χ4n) is 2.66. The Kier molecular flexibility index (Phi) is 4.91. The van der Waals surface area contributed by atoms with Crippen molar-refractivity contribution in [2.45, 2.75) is 13.8 Å². The monoisotopic (exact) mass is 418 g/mol. The molecule has 1 aromatic heterocycles. The van der Waals surface area contributed by atoms with Gasteiger partial charge in [-0.05, 0) is 60.1 Å². The molecule has 2 heterocycles. The molecule has 0 atom stereocenters. The highest BCUT2D eigenvalue weighted by Crippen LogP contribution is 2.38. The van der Waals surface area contributed by atoms with Crippen LogP contribution in [0.4, 0.5) is 11.4 Å². The maximum absolute atomic E-state index is 12.9. The molecule has 6 nitrogen and oxygen atoms in total. The van der Waals surface area contributed by atoms with Crippen LogP contribution in [0.15, 0.2) is 52.1 Å². The SMILES string of the molecule is C=CCN1C(=O)C(C)(C)COc2ccc(NC(=O)c3ccc(Br)o3)cc21. The van der Waals surface area contributed by atoms with Crippen LogP contribution < -0.4 is 15.0 Å². The first-order chi connectivity index (χ1) is 12.3. The van der Waals surface area contributed by atoms with Crippen molar-refractivity contribution in [3.05, 3.63) is 53.4 Å². The molecule has 1 aliphatic rings. The molecule has 0 saturated carbocycles. The number of nitrogens with zero attached hydrogens (tertiary/aromatic N) is 1. The summed E-state index contributed by atoms with van der Waals surface area (Å²) in [5, 5.41) is 2.77. The maximum atomic E-state index is 12.9. The third-order valence-corrected chi connectivity index (χ3v) is 4.46. The number of carbonyl (C=O) groups excluding carboxylic acids is 2. The van der Waals surface area contributed by atoms with Crippen LogP contribution >= 0.6 is 15.9 Å². The van der Waals surface area contributed by atoms with Crippen LogP contribution in [-0.2, 0) is 4.79 Å². The Hall–Kier alpha value is -2.54. The van der Waals surface area contributed by atoms with E-state index in [2.05, 4.69) is 27.8 Å². The van der Waals surface area contributed by atoms with E-state index in [0.29, 0.717) is 28.3 Å². The van der Waals surface area contributed by atoms with Gasteiger partial charge in [0, 0.05) is 12.2 Å². The van der Waals surface area contributed by atoms with Crippen molar-refractivity contribution >= 4 is 39.1 Å². The standard InChI is InChI=1S/C19H19BrN2O4/c1-4-9-22-13-10-12(21-17(23)15-7-8-16(20)26-15)5-6-14(13)25-11-19(2,3)18(22)24/h4-8,10H,1,9,11H2,2-3H3,(H,21,23). The summed E-state index contributed by atoms with van der Waals surface area (Å²) >= 11 is 3.17. The molecule has 0 aliphatic carbocycles. The lowest BCUT2D eigenvalue weighted by molar-refractivity contribution is -0.127. The van der Waals surface area contributed by atoms with Crippen LogP contribution in [0.5, 0.6) is 5.75 Å². The van der Waals surface area contributed by atoms with Gasteiger partial charge in [0.25, 0.3) is 5.91 Å². The maximum Gasteiger partial charge on any atom is 0.291 e. The summed E-state index contributed by atoms with van der Waals surface area (Å²) < 4.78 is 11.6. The second-order valence-corrected chi connectivity index (χ2v) is 7.40. The minimum atomic E-state index is -0.661. The zero-order chi connectivity index (χ0) is 18.9. The van der Waals surface area contributed by atoms with E-state index < -0.39 is 5.41 Å². The number of carbonyl (C=O) groups is 2. The lowest BCUT2D eigenvalue weighted by Gasteiger charge is -2.27. The Labute approximate surface area is 159 Å². The molecule has 0 bridgehead atoms. The number of nitrogens with one attached hydrogen (secondary N) is 1. The number of anilines is 2. The van der Waals surface area contributed by atoms with E-state index in [9.17, 15) is 9.59 Å². The summed E-state index contributed by atoms with van der Waals surface area (Å²) in [4.78, 5) is 26.8. The molecule has 0 saturated heterocycles. The number of benzene rings is 1. The van der Waals surface area contributed by atoms with Gasteiger partial charge < -0.3 is 19.4 Å². The van der Waals surface area contributed by atoms with Crippen molar-refractivity contribution < 1.29 is 18.7 Å². The fraction of sp³-hybridized carbons (Fsp3) is 0.263. The van der Waals surface area contributed by atoms with Crippen molar-refractivity contribution in [1.82, 2.24) is 0 Å². The first-order valence-corrected chi connectivity index (χ1v) is 8.87. The van der Waals surface area contributed by atoms with Crippen LogP contribution in [0.25, 0.3) is 0 Å². The summed E-state index contributed by atoms with van der Waals surface area (Å²) in [6, 6.07) is 8.40. The molecule has 136 valence electrons. The fourth-order valence-corrected chi connectivity index (χ4v) is 2.97. The first-order valence-electron chi connectivity index (χ1n) is 8.08. The number of amides is 2. The largest absolute Gasteiger partial charge is 0.490 e. The second kappa shape index (κ2) is 6.99. The second-order valence-electron chi connectivity index (χ2n) is 6.62. The Bertz CT molecular complexity index is 872. The normalized spacial score (nSPS) is 15.7. The van der Waals surface area contributed by atoms with Crippen molar-refractivity contribution in [2.75, 3.05) is 23.4 Å². The van der Waals surface area contributed by atoms with Crippen LogP contribution in [0, 0.1) is 5.41 Å². The van der Waals surface area contributed by atoms with Crippen LogP contribution in [0.1, 0.15) is 24.4 Å². The molecule has 0 unspecified atom stereocenters. The molecular formula is C19H19BrN2O4. The minimum absolute atomic E-state index is 0.0606. The quantitative estimate of drug-likeness (QED) is 0.753. The number of fused-ring (bicyclic) bond motifs is 1. The molecule has 1 aromatic carbocycles. The average molecular weight is 419 g/mol. The molecule has 1 N–H and O–H groups in total. The third-order valence-electron chi connectivity index (χ3n) is 4.03. The van der Waals surface area contributed by atoms with Gasteiger partial charge in [0.05, 0.1) is 11.1 Å². The number of rotatable bonds is 4. The Balaban J connectivity index is 1.93. The highest BCUT2D eigenvalue weighted by atomic mass is 79.9. The zero-order valence-electron chi connectivity index (χ0n) is 14.5. The molecule has 26 heavy (non-hydrogen) atoms. The summed E-state index contributed by atoms with van der Waals surface area (Å²) in [5.41, 5.74) is 0.469. The number of halogens is 1. The van der Waals surface area contributed by atoms with E-state index in [-0.39, 0.29) is 24.2 Å². The third kappa shape index (κ3) is 3.53. The van der Waals surface area contributed by atoms with Crippen LogP contribution in [0.2, 0.25) is 0 Å². The lowest BCUT2D eigenvalue weighted by Crippen LogP contribution is -2.42. The van der Waals surface area contributed by atoms with E-state index in [1.54, 1.807) is 41.3 Å². The van der Waals surface area contributed by atoms with E-state index in [1.165, 1.54) is 0 Å². The van der Waals surface area contributed by atoms with Crippen molar-refractivity contribution in [2.24, 2.45) is 5.41 Å². The van der Waals surface area contributed by atoms with Gasteiger partial charge in [0.2, 0.25) is 5.91 Å². The molecule has 0 spiro atoms. The van der Waals surface area contributed by atoms with Gasteiger partial charge in [-0.3, -0.25) is 9.59 Å². The summed E-state index contributed by atoms with van der Waals surface area (Å²) in [5.74, 6) is 0.328. The summed E-state index contributed by atoms with van der Waals surface area (Å²) in [6.07, 6.45) is 1.66. The summed E-state index contributed by atoms with van der Waals surface area (Å²) in [7, 11) is 0. The lowest BCUT2D eigenvalue weighted by atomic mass is 9.93. The van der Waals surface area contributed by atoms with Crippen LogP contribution in [0.3, 0.4) is 0 Å². The molecule has 0 radical (unpaired) electrons. The van der Waals surface area contributed by atoms with Gasteiger partial charge in [0.15, 0.2) is 10.4 Å².